The Bertz CT molecular complexity index is 695. The van der Waals surface area contributed by atoms with Gasteiger partial charge in [-0.2, -0.15) is 0 Å². The number of hydrogen-bond acceptors (Lipinski definition) is 3. The van der Waals surface area contributed by atoms with Crippen LogP contribution in [0.1, 0.15) is 27.0 Å². The lowest BCUT2D eigenvalue weighted by molar-refractivity contribution is 0.0951. The highest BCUT2D eigenvalue weighted by Crippen LogP contribution is 2.25. The maximum atomic E-state index is 12.2. The zero-order chi connectivity index (χ0) is 14.8. The third-order valence-corrected chi connectivity index (χ3v) is 3.88. The minimum atomic E-state index is -0.0773. The van der Waals surface area contributed by atoms with Gasteiger partial charge in [-0.3, -0.25) is 4.79 Å². The van der Waals surface area contributed by atoms with E-state index in [1.54, 1.807) is 6.07 Å². The predicted molar refractivity (Wildman–Crippen MR) is 82.4 cm³/mol. The summed E-state index contributed by atoms with van der Waals surface area (Å²) >= 11 is 0. The molecule has 2 aromatic rings. The van der Waals surface area contributed by atoms with Gasteiger partial charge in [-0.05, 0) is 47.9 Å². The van der Waals surface area contributed by atoms with Crippen LogP contribution in [-0.4, -0.2) is 12.5 Å². The van der Waals surface area contributed by atoms with Crippen molar-refractivity contribution >= 4 is 11.6 Å². The van der Waals surface area contributed by atoms with E-state index in [0.29, 0.717) is 18.7 Å². The summed E-state index contributed by atoms with van der Waals surface area (Å²) in [6, 6.07) is 11.3. The zero-order valence-corrected chi connectivity index (χ0v) is 12.0. The van der Waals surface area contributed by atoms with E-state index in [-0.39, 0.29) is 5.91 Å². The highest BCUT2D eigenvalue weighted by Gasteiger charge is 2.15. The van der Waals surface area contributed by atoms with E-state index in [2.05, 4.69) is 5.32 Å². The van der Waals surface area contributed by atoms with Gasteiger partial charge in [0.25, 0.3) is 5.91 Å². The molecule has 0 aliphatic carbocycles. The van der Waals surface area contributed by atoms with Crippen LogP contribution in [0.15, 0.2) is 36.4 Å². The highest BCUT2D eigenvalue weighted by atomic mass is 16.5. The third-order valence-electron chi connectivity index (χ3n) is 3.88. The van der Waals surface area contributed by atoms with Crippen LogP contribution in [0, 0.1) is 6.92 Å². The molecule has 0 bridgehead atoms. The Labute approximate surface area is 123 Å². The van der Waals surface area contributed by atoms with Crippen LogP contribution in [0.25, 0.3) is 0 Å². The number of nitrogens with one attached hydrogen (secondary N) is 1. The molecule has 0 saturated carbocycles. The van der Waals surface area contributed by atoms with Gasteiger partial charge in [0.15, 0.2) is 0 Å². The topological polar surface area (TPSA) is 64.3 Å². The lowest BCUT2D eigenvalue weighted by Crippen LogP contribution is -2.23. The number of anilines is 1. The molecule has 0 fully saturated rings. The molecule has 3 rings (SSSR count). The minimum Gasteiger partial charge on any atom is -0.493 e. The van der Waals surface area contributed by atoms with Crippen LogP contribution in [0.2, 0.25) is 0 Å². The molecule has 0 saturated heterocycles. The van der Waals surface area contributed by atoms with Crippen molar-refractivity contribution in [2.45, 2.75) is 19.9 Å². The fourth-order valence-electron chi connectivity index (χ4n) is 2.50. The number of carbonyl (C=O) groups is 1. The average molecular weight is 282 g/mol. The minimum absolute atomic E-state index is 0.0773. The molecule has 1 amide bonds. The smallest absolute Gasteiger partial charge is 0.251 e. The number of rotatable bonds is 3. The quantitative estimate of drug-likeness (QED) is 0.850. The number of amides is 1. The summed E-state index contributed by atoms with van der Waals surface area (Å²) in [6.07, 6.45) is 0.866. The second-order valence-electron chi connectivity index (χ2n) is 5.24. The largest absolute Gasteiger partial charge is 0.493 e. The standard InChI is InChI=1S/C17H18N2O2/c1-11-14(3-2-4-15(11)18)10-19-17(20)13-5-6-16-12(9-13)7-8-21-16/h2-6,9H,7-8,10,18H2,1H3,(H,19,20). The summed E-state index contributed by atoms with van der Waals surface area (Å²) in [5.74, 6) is 0.810. The Balaban J connectivity index is 1.71. The second-order valence-corrected chi connectivity index (χ2v) is 5.24. The van der Waals surface area contributed by atoms with Crippen LogP contribution in [0.5, 0.6) is 5.75 Å². The molecule has 3 N–H and O–H groups in total. The van der Waals surface area contributed by atoms with Crippen LogP contribution in [0.3, 0.4) is 0 Å². The highest BCUT2D eigenvalue weighted by molar-refractivity contribution is 5.94. The van der Waals surface area contributed by atoms with E-state index >= 15 is 0 Å². The molecule has 4 nitrogen and oxygen atoms in total. The van der Waals surface area contributed by atoms with Gasteiger partial charge in [0.1, 0.15) is 5.75 Å². The molecule has 0 spiro atoms. The monoisotopic (exact) mass is 282 g/mol. The van der Waals surface area contributed by atoms with Crippen molar-refractivity contribution in [3.63, 3.8) is 0 Å². The summed E-state index contributed by atoms with van der Waals surface area (Å²) in [6.45, 7) is 3.13. The summed E-state index contributed by atoms with van der Waals surface area (Å²) < 4.78 is 5.45. The number of fused-ring (bicyclic) bond motifs is 1. The molecular weight excluding hydrogens is 264 g/mol. The summed E-state index contributed by atoms with van der Waals surface area (Å²) in [5, 5.41) is 2.94. The van der Waals surface area contributed by atoms with E-state index < -0.39 is 0 Å². The van der Waals surface area contributed by atoms with Gasteiger partial charge in [-0.1, -0.05) is 12.1 Å². The molecule has 0 atom stereocenters. The predicted octanol–water partition coefficient (Wildman–Crippen LogP) is 2.44. The molecule has 0 unspecified atom stereocenters. The number of ether oxygens (including phenoxy) is 1. The van der Waals surface area contributed by atoms with Gasteiger partial charge < -0.3 is 15.8 Å². The summed E-state index contributed by atoms with van der Waals surface area (Å²) in [5.41, 5.74) is 10.4. The number of nitrogen functional groups attached to an aromatic ring is 1. The van der Waals surface area contributed by atoms with E-state index in [4.69, 9.17) is 10.5 Å². The van der Waals surface area contributed by atoms with Gasteiger partial charge in [-0.15, -0.1) is 0 Å². The summed E-state index contributed by atoms with van der Waals surface area (Å²) in [7, 11) is 0. The van der Waals surface area contributed by atoms with Crippen molar-refractivity contribution in [3.05, 3.63) is 58.7 Å². The van der Waals surface area contributed by atoms with E-state index in [0.717, 1.165) is 34.5 Å². The van der Waals surface area contributed by atoms with Gasteiger partial charge in [-0.25, -0.2) is 0 Å². The van der Waals surface area contributed by atoms with Crippen molar-refractivity contribution in [1.29, 1.82) is 0 Å². The first-order valence-electron chi connectivity index (χ1n) is 7.03. The van der Waals surface area contributed by atoms with E-state index in [1.165, 1.54) is 0 Å². The molecular formula is C17H18N2O2. The molecule has 108 valence electrons. The van der Waals surface area contributed by atoms with E-state index in [1.807, 2.05) is 37.3 Å². The Hall–Kier alpha value is -2.49. The summed E-state index contributed by atoms with van der Waals surface area (Å²) in [4.78, 5) is 12.2. The number of nitrogens with two attached hydrogens (primary N) is 1. The van der Waals surface area contributed by atoms with Gasteiger partial charge in [0.2, 0.25) is 0 Å². The maximum absolute atomic E-state index is 12.2. The molecule has 21 heavy (non-hydrogen) atoms. The van der Waals surface area contributed by atoms with Crippen molar-refractivity contribution in [2.24, 2.45) is 0 Å². The second kappa shape index (κ2) is 5.48. The molecule has 1 aliphatic rings. The van der Waals surface area contributed by atoms with Crippen LogP contribution in [0.4, 0.5) is 5.69 Å². The van der Waals surface area contributed by atoms with Gasteiger partial charge in [0.05, 0.1) is 6.61 Å². The van der Waals surface area contributed by atoms with Crippen molar-refractivity contribution in [3.8, 4) is 5.75 Å². The number of hydrogen-bond donors (Lipinski definition) is 2. The Morgan fingerprint density at radius 2 is 2.19 bits per heavy atom. The first-order valence-corrected chi connectivity index (χ1v) is 7.03. The third kappa shape index (κ3) is 2.70. The van der Waals surface area contributed by atoms with Crippen molar-refractivity contribution in [2.75, 3.05) is 12.3 Å². The molecule has 2 aromatic carbocycles. The van der Waals surface area contributed by atoms with Crippen molar-refractivity contribution < 1.29 is 9.53 Å². The molecule has 0 radical (unpaired) electrons. The van der Waals surface area contributed by atoms with Gasteiger partial charge >= 0.3 is 0 Å². The lowest BCUT2D eigenvalue weighted by Gasteiger charge is -2.10. The fourth-order valence-corrected chi connectivity index (χ4v) is 2.50. The number of benzene rings is 2. The molecule has 0 aromatic heterocycles. The molecule has 4 heteroatoms. The molecule has 1 heterocycles. The van der Waals surface area contributed by atoms with Crippen LogP contribution >= 0.6 is 0 Å². The lowest BCUT2D eigenvalue weighted by atomic mass is 10.1. The maximum Gasteiger partial charge on any atom is 0.251 e. The first kappa shape index (κ1) is 13.5. The van der Waals surface area contributed by atoms with Crippen molar-refractivity contribution in [1.82, 2.24) is 5.32 Å². The SMILES string of the molecule is Cc1c(N)cccc1CNC(=O)c1ccc2c(c1)CCO2. The van der Waals surface area contributed by atoms with Crippen LogP contribution in [-0.2, 0) is 13.0 Å². The fraction of sp³-hybridized carbons (Fsp3) is 0.235. The Kier molecular flexibility index (Phi) is 3.52. The Morgan fingerprint density at radius 3 is 3.05 bits per heavy atom. The van der Waals surface area contributed by atoms with E-state index in [9.17, 15) is 4.79 Å². The number of carbonyl (C=O) groups excluding carboxylic acids is 1. The first-order chi connectivity index (χ1) is 10.1. The normalized spacial score (nSPS) is 12.6. The molecule has 1 aliphatic heterocycles. The Morgan fingerprint density at radius 1 is 1.33 bits per heavy atom. The van der Waals surface area contributed by atoms with Gasteiger partial charge in [0, 0.05) is 24.2 Å². The van der Waals surface area contributed by atoms with Crippen LogP contribution < -0.4 is 15.8 Å². The zero-order valence-electron chi connectivity index (χ0n) is 12.0. The average Bonchev–Trinajstić information content (AvgIpc) is 2.96.